The van der Waals surface area contributed by atoms with Gasteiger partial charge >= 0.3 is 0 Å². The van der Waals surface area contributed by atoms with Crippen LogP contribution in [0.25, 0.3) is 110 Å². The molecule has 0 aliphatic rings. The minimum Gasteiger partial charge on any atom is -0.254 e. The highest BCUT2D eigenvalue weighted by molar-refractivity contribution is 6.24. The van der Waals surface area contributed by atoms with Gasteiger partial charge in [-0.15, -0.1) is 0 Å². The van der Waals surface area contributed by atoms with E-state index >= 15 is 0 Å². The van der Waals surface area contributed by atoms with E-state index in [-0.39, 0.29) is 34.6 Å². The number of hydrogen-bond donors (Lipinski definition) is 0. The Morgan fingerprint density at radius 3 is 1.57 bits per heavy atom. The quantitative estimate of drug-likeness (QED) is 0.136. The molecule has 0 aliphatic carbocycles. The molecule has 3 heterocycles. The fraction of sp³-hybridized carbons (Fsp3) is 0. The van der Waals surface area contributed by atoms with E-state index in [1.807, 2.05) is 30.3 Å². The van der Waals surface area contributed by atoms with Crippen molar-refractivity contribution in [1.29, 1.82) is 0 Å². The molecule has 11 rings (SSSR count). The average molecular weight is 692 g/mol. The summed E-state index contributed by atoms with van der Waals surface area (Å²) in [6.45, 7) is 0. The van der Waals surface area contributed by atoms with Crippen LogP contribution >= 0.6 is 0 Å². The molecule has 0 amide bonds. The van der Waals surface area contributed by atoms with Crippen LogP contribution in [0.4, 0.5) is 0 Å². The van der Waals surface area contributed by atoms with Crippen molar-refractivity contribution in [3.63, 3.8) is 0 Å². The van der Waals surface area contributed by atoms with E-state index in [1.165, 1.54) is 38.2 Å². The number of pyridine rings is 3. The number of nitrogens with zero attached hydrogens (tertiary/aromatic N) is 3. The van der Waals surface area contributed by atoms with Gasteiger partial charge in [0.25, 0.3) is 0 Å². The highest BCUT2D eigenvalue weighted by Crippen LogP contribution is 2.46. The smallest absolute Gasteiger partial charge is 0.0973 e. The first-order valence-corrected chi connectivity index (χ1v) is 17.9. The van der Waals surface area contributed by atoms with E-state index in [4.69, 9.17) is 18.2 Å². The second kappa shape index (κ2) is 12.2. The molecule has 0 saturated heterocycles. The summed E-state index contributed by atoms with van der Waals surface area (Å²) in [7, 11) is 0. The summed E-state index contributed by atoms with van der Waals surface area (Å²) in [5.74, 6) is 0. The summed E-state index contributed by atoms with van der Waals surface area (Å²) < 4.78 is 50.8. The molecule has 11 aromatic rings. The lowest BCUT2D eigenvalue weighted by Gasteiger charge is -2.19. The molecule has 0 unspecified atom stereocenters. The lowest BCUT2D eigenvalue weighted by atomic mass is 9.84. The Morgan fingerprint density at radius 1 is 0.370 bits per heavy atom. The van der Waals surface area contributed by atoms with E-state index in [2.05, 4.69) is 120 Å². The Kier molecular flexibility index (Phi) is 5.61. The third-order valence-electron chi connectivity index (χ3n) is 10.5. The molecule has 0 atom stereocenters. The molecule has 0 spiro atoms. The molecule has 0 saturated carbocycles. The van der Waals surface area contributed by atoms with Crippen molar-refractivity contribution in [1.82, 2.24) is 15.0 Å². The zero-order chi connectivity index (χ0) is 40.8. The molecular formula is C51H31N3. The van der Waals surface area contributed by atoms with Crippen molar-refractivity contribution in [3.8, 4) is 44.9 Å². The third kappa shape index (κ3) is 4.72. The molecule has 3 aromatic heterocycles. The first kappa shape index (κ1) is 24.9. The van der Waals surface area contributed by atoms with E-state index in [9.17, 15) is 0 Å². The van der Waals surface area contributed by atoms with E-state index < -0.39 is 18.3 Å². The fourth-order valence-corrected chi connectivity index (χ4v) is 8.09. The maximum atomic E-state index is 8.75. The van der Waals surface area contributed by atoms with Crippen molar-refractivity contribution in [2.24, 2.45) is 0 Å². The van der Waals surface area contributed by atoms with Crippen LogP contribution in [0, 0.1) is 0 Å². The molecule has 3 heteroatoms. The van der Waals surface area contributed by atoms with Crippen LogP contribution in [0.3, 0.4) is 0 Å². The maximum absolute atomic E-state index is 8.75. The monoisotopic (exact) mass is 691 g/mol. The van der Waals surface area contributed by atoms with Gasteiger partial charge in [-0.1, -0.05) is 164 Å². The zero-order valence-electron chi connectivity index (χ0n) is 34.8. The third-order valence-corrected chi connectivity index (χ3v) is 10.5. The average Bonchev–Trinajstić information content (AvgIpc) is 3.29. The molecule has 0 radical (unpaired) electrons. The highest BCUT2D eigenvalue weighted by atomic mass is 14.8. The van der Waals surface area contributed by atoms with Gasteiger partial charge < -0.3 is 0 Å². The van der Waals surface area contributed by atoms with Crippen molar-refractivity contribution in [3.05, 3.63) is 188 Å². The van der Waals surface area contributed by atoms with E-state index in [0.717, 1.165) is 38.4 Å². The van der Waals surface area contributed by atoms with Gasteiger partial charge in [0, 0.05) is 27.9 Å². The fourth-order valence-electron chi connectivity index (χ4n) is 8.09. The van der Waals surface area contributed by atoms with Gasteiger partial charge in [-0.3, -0.25) is 4.98 Å². The van der Waals surface area contributed by atoms with Gasteiger partial charge in [-0.05, 0) is 78.1 Å². The molecule has 0 N–H and O–H groups in total. The van der Waals surface area contributed by atoms with Crippen LogP contribution in [0.2, 0.25) is 0 Å². The Morgan fingerprint density at radius 2 is 0.889 bits per heavy atom. The lowest BCUT2D eigenvalue weighted by molar-refractivity contribution is 1.30. The summed E-state index contributed by atoms with van der Waals surface area (Å²) in [5, 5.41) is 8.60. The molecule has 0 fully saturated rings. The molecular weight excluding hydrogens is 655 g/mol. The molecule has 0 aliphatic heterocycles. The van der Waals surface area contributed by atoms with Crippen molar-refractivity contribution in [2.45, 2.75) is 0 Å². The predicted octanol–water partition coefficient (Wildman–Crippen LogP) is 13.5. The van der Waals surface area contributed by atoms with Crippen molar-refractivity contribution >= 4 is 64.9 Å². The summed E-state index contributed by atoms with van der Waals surface area (Å²) in [6.07, 6.45) is -0.397. The van der Waals surface area contributed by atoms with E-state index in [0.29, 0.717) is 16.7 Å². The van der Waals surface area contributed by atoms with Gasteiger partial charge in [0.15, 0.2) is 0 Å². The zero-order valence-corrected chi connectivity index (χ0v) is 28.8. The lowest BCUT2D eigenvalue weighted by Crippen LogP contribution is -1.94. The molecule has 8 aromatic carbocycles. The number of rotatable bonds is 4. The van der Waals surface area contributed by atoms with E-state index in [1.54, 1.807) is 6.07 Å². The van der Waals surface area contributed by atoms with Crippen LogP contribution in [-0.4, -0.2) is 15.0 Å². The maximum Gasteiger partial charge on any atom is 0.0973 e. The second-order valence-electron chi connectivity index (χ2n) is 13.5. The van der Waals surface area contributed by atoms with Crippen LogP contribution in [0.1, 0.15) is 8.22 Å². The van der Waals surface area contributed by atoms with Gasteiger partial charge in [0.05, 0.1) is 36.3 Å². The normalized spacial score (nSPS) is 13.3. The summed E-state index contributed by atoms with van der Waals surface area (Å²) in [6, 6.07) is 50.5. The standard InChI is InChI=1S/C51H31N3/c1-2-13-33(14-3-1)47-40-18-8-10-20-42(40)48(43-21-11-9-19-41(43)47)44-27-26-39(37-16-6-7-17-38(37)44)45-28-24-34-22-23-35-25-29-46(54-50(35)49(34)53-45)51-36-15-5-4-12-32(36)30-31-52-51/h1-31H/i4D,5D,12D,15D,30D,31D. The first-order valence-electron chi connectivity index (χ1n) is 20.9. The minimum atomic E-state index is -0.463. The first-order chi connectivity index (χ1) is 29.3. The van der Waals surface area contributed by atoms with Crippen LogP contribution in [0.5, 0.6) is 0 Å². The SMILES string of the molecule is [2H]c1nc(-c2ccc3ccc4ccc(-c5ccc(-c6c7ccccc7c(-c7ccccc7)c7ccccc67)c6ccccc56)nc4c3n2)c2c([2H])c([2H])c([2H])c([2H])c2c1[2H]. The number of hydrogen-bond acceptors (Lipinski definition) is 3. The van der Waals surface area contributed by atoms with Gasteiger partial charge in [-0.2, -0.15) is 0 Å². The Bertz CT molecular complexity index is 3570. The van der Waals surface area contributed by atoms with Gasteiger partial charge in [0.1, 0.15) is 0 Å². The largest absolute Gasteiger partial charge is 0.254 e. The molecule has 250 valence electrons. The molecule has 54 heavy (non-hydrogen) atoms. The topological polar surface area (TPSA) is 38.7 Å². The summed E-state index contributed by atoms with van der Waals surface area (Å²) in [4.78, 5) is 14.7. The van der Waals surface area contributed by atoms with Crippen molar-refractivity contribution < 1.29 is 8.22 Å². The number of fused-ring (bicyclic) bond motifs is 7. The van der Waals surface area contributed by atoms with Crippen LogP contribution in [0.15, 0.2) is 188 Å². The second-order valence-corrected chi connectivity index (χ2v) is 13.5. The minimum absolute atomic E-state index is 0.0558. The van der Waals surface area contributed by atoms with Crippen molar-refractivity contribution in [2.75, 3.05) is 0 Å². The van der Waals surface area contributed by atoms with Crippen LogP contribution < -0.4 is 0 Å². The molecule has 0 bridgehead atoms. The number of aromatic nitrogens is 3. The Hall–Kier alpha value is -7.23. The Balaban J connectivity index is 1.12. The van der Waals surface area contributed by atoms with Gasteiger partial charge in [-0.25, -0.2) is 9.97 Å². The van der Waals surface area contributed by atoms with Gasteiger partial charge in [0.2, 0.25) is 0 Å². The summed E-state index contributed by atoms with van der Waals surface area (Å²) in [5.41, 5.74) is 8.11. The Labute approximate surface area is 320 Å². The van der Waals surface area contributed by atoms with Crippen LogP contribution in [-0.2, 0) is 0 Å². The predicted molar refractivity (Wildman–Crippen MR) is 227 cm³/mol. The molecule has 3 nitrogen and oxygen atoms in total. The summed E-state index contributed by atoms with van der Waals surface area (Å²) >= 11 is 0. The highest BCUT2D eigenvalue weighted by Gasteiger charge is 2.19. The number of benzene rings is 8.